The Morgan fingerprint density at radius 2 is 2.15 bits per heavy atom. The summed E-state index contributed by atoms with van der Waals surface area (Å²) in [6, 6.07) is 0.948. The molecule has 2 heterocycles. The van der Waals surface area contributed by atoms with E-state index in [9.17, 15) is 0 Å². The summed E-state index contributed by atoms with van der Waals surface area (Å²) in [6.07, 6.45) is 7.07. The van der Waals surface area contributed by atoms with E-state index in [0.29, 0.717) is 17.6 Å². The third-order valence-electron chi connectivity index (χ3n) is 4.95. The van der Waals surface area contributed by atoms with Gasteiger partial charge in [0.1, 0.15) is 12.2 Å². The van der Waals surface area contributed by atoms with E-state index in [-0.39, 0.29) is 0 Å². The zero-order chi connectivity index (χ0) is 14.2. The SMILES string of the molecule is CC1CN(Cc2ncnn2C(C)C)C2(CCCC2)CN1. The van der Waals surface area contributed by atoms with Crippen LogP contribution in [0.15, 0.2) is 6.33 Å². The first-order valence-electron chi connectivity index (χ1n) is 7.97. The molecule has 1 saturated carbocycles. The predicted molar refractivity (Wildman–Crippen MR) is 79.5 cm³/mol. The van der Waals surface area contributed by atoms with Gasteiger partial charge in [-0.05, 0) is 33.6 Å². The lowest BCUT2D eigenvalue weighted by atomic mass is 9.91. The minimum absolute atomic E-state index is 0.361. The lowest BCUT2D eigenvalue weighted by Crippen LogP contribution is -2.62. The van der Waals surface area contributed by atoms with Crippen molar-refractivity contribution in [2.75, 3.05) is 13.1 Å². The lowest BCUT2D eigenvalue weighted by molar-refractivity contribution is 0.0355. The van der Waals surface area contributed by atoms with Crippen LogP contribution in [0.25, 0.3) is 0 Å². The molecule has 1 N–H and O–H groups in total. The van der Waals surface area contributed by atoms with Crippen molar-refractivity contribution in [3.8, 4) is 0 Å². The second kappa shape index (κ2) is 5.45. The molecule has 112 valence electrons. The van der Waals surface area contributed by atoms with E-state index in [0.717, 1.165) is 25.5 Å². The van der Waals surface area contributed by atoms with Crippen LogP contribution in [0, 0.1) is 0 Å². The van der Waals surface area contributed by atoms with Crippen LogP contribution in [0.4, 0.5) is 0 Å². The highest BCUT2D eigenvalue weighted by atomic mass is 15.4. The van der Waals surface area contributed by atoms with Gasteiger partial charge in [0.2, 0.25) is 0 Å². The van der Waals surface area contributed by atoms with Crippen LogP contribution in [-0.4, -0.2) is 44.3 Å². The van der Waals surface area contributed by atoms with Gasteiger partial charge < -0.3 is 5.32 Å². The maximum Gasteiger partial charge on any atom is 0.141 e. The number of piperazine rings is 1. The van der Waals surface area contributed by atoms with Crippen molar-refractivity contribution < 1.29 is 0 Å². The van der Waals surface area contributed by atoms with Crippen LogP contribution in [0.5, 0.6) is 0 Å². The molecule has 2 aliphatic rings. The third-order valence-corrected chi connectivity index (χ3v) is 4.95. The summed E-state index contributed by atoms with van der Waals surface area (Å²) in [6.45, 7) is 9.80. The van der Waals surface area contributed by atoms with Crippen LogP contribution in [0.1, 0.15) is 58.3 Å². The highest BCUT2D eigenvalue weighted by Gasteiger charge is 2.43. The fourth-order valence-corrected chi connectivity index (χ4v) is 3.81. The molecular weight excluding hydrogens is 250 g/mol. The van der Waals surface area contributed by atoms with Crippen LogP contribution in [0.2, 0.25) is 0 Å². The standard InChI is InChI=1S/C15H27N5/c1-12(2)20-14(17-11-18-20)9-19-8-13(3)16-10-15(19)6-4-5-7-15/h11-13,16H,4-10H2,1-3H3. The summed E-state index contributed by atoms with van der Waals surface area (Å²) in [5.74, 6) is 1.11. The van der Waals surface area contributed by atoms with Gasteiger partial charge in [-0.3, -0.25) is 4.90 Å². The zero-order valence-corrected chi connectivity index (χ0v) is 13.0. The maximum atomic E-state index is 4.50. The Labute approximate surface area is 121 Å². The second-order valence-corrected chi connectivity index (χ2v) is 6.81. The molecule has 5 nitrogen and oxygen atoms in total. The molecule has 1 spiro atoms. The van der Waals surface area contributed by atoms with Crippen molar-refractivity contribution >= 4 is 0 Å². The Bertz CT molecular complexity index is 447. The third kappa shape index (κ3) is 2.49. The summed E-state index contributed by atoms with van der Waals surface area (Å²) in [4.78, 5) is 7.17. The van der Waals surface area contributed by atoms with Crippen molar-refractivity contribution in [3.05, 3.63) is 12.2 Å². The molecule has 2 fully saturated rings. The number of hydrogen-bond donors (Lipinski definition) is 1. The molecule has 1 unspecified atom stereocenters. The first-order valence-corrected chi connectivity index (χ1v) is 7.97. The van der Waals surface area contributed by atoms with Gasteiger partial charge in [-0.25, -0.2) is 9.67 Å². The van der Waals surface area contributed by atoms with Gasteiger partial charge in [-0.15, -0.1) is 0 Å². The summed E-state index contributed by atoms with van der Waals surface area (Å²) >= 11 is 0. The van der Waals surface area contributed by atoms with Crippen molar-refractivity contribution in [3.63, 3.8) is 0 Å². The molecular formula is C15H27N5. The molecule has 3 rings (SSSR count). The molecule has 1 aliphatic heterocycles. The highest BCUT2D eigenvalue weighted by Crippen LogP contribution is 2.37. The van der Waals surface area contributed by atoms with Gasteiger partial charge in [0.05, 0.1) is 6.54 Å². The second-order valence-electron chi connectivity index (χ2n) is 6.81. The monoisotopic (exact) mass is 277 g/mol. The number of nitrogens with zero attached hydrogens (tertiary/aromatic N) is 4. The smallest absolute Gasteiger partial charge is 0.141 e. The maximum absolute atomic E-state index is 4.50. The molecule has 0 amide bonds. The molecule has 0 bridgehead atoms. The van der Waals surface area contributed by atoms with Gasteiger partial charge in [0.25, 0.3) is 0 Å². The Kier molecular flexibility index (Phi) is 3.82. The van der Waals surface area contributed by atoms with Crippen LogP contribution >= 0.6 is 0 Å². The van der Waals surface area contributed by atoms with Crippen molar-refractivity contribution in [1.29, 1.82) is 0 Å². The fraction of sp³-hybridized carbons (Fsp3) is 0.867. The molecule has 20 heavy (non-hydrogen) atoms. The van der Waals surface area contributed by atoms with Crippen molar-refractivity contribution in [1.82, 2.24) is 25.0 Å². The molecule has 0 aromatic carbocycles. The predicted octanol–water partition coefficient (Wildman–Crippen LogP) is 1.97. The normalized spacial score (nSPS) is 26.7. The minimum atomic E-state index is 0.361. The first kappa shape index (κ1) is 14.0. The van der Waals surface area contributed by atoms with E-state index in [1.165, 1.54) is 25.7 Å². The Hall–Kier alpha value is -0.940. The van der Waals surface area contributed by atoms with E-state index in [1.807, 2.05) is 0 Å². The van der Waals surface area contributed by atoms with Crippen LogP contribution < -0.4 is 5.32 Å². The Morgan fingerprint density at radius 3 is 2.85 bits per heavy atom. The van der Waals surface area contributed by atoms with E-state index in [2.05, 4.69) is 45.8 Å². The van der Waals surface area contributed by atoms with Crippen molar-refractivity contribution in [2.24, 2.45) is 0 Å². The first-order chi connectivity index (χ1) is 9.61. The number of nitrogens with one attached hydrogen (secondary N) is 1. The number of aromatic nitrogens is 3. The number of rotatable bonds is 3. The molecule has 0 radical (unpaired) electrons. The molecule has 5 heteroatoms. The van der Waals surface area contributed by atoms with Gasteiger partial charge in [-0.2, -0.15) is 5.10 Å². The van der Waals surface area contributed by atoms with E-state index in [1.54, 1.807) is 6.33 Å². The lowest BCUT2D eigenvalue weighted by Gasteiger charge is -2.47. The minimum Gasteiger partial charge on any atom is -0.311 e. The molecule has 1 aromatic rings. The molecule has 1 atom stereocenters. The largest absolute Gasteiger partial charge is 0.311 e. The summed E-state index contributed by atoms with van der Waals surface area (Å²) in [5.41, 5.74) is 0.361. The quantitative estimate of drug-likeness (QED) is 0.917. The van der Waals surface area contributed by atoms with Gasteiger partial charge in [-0.1, -0.05) is 12.8 Å². The molecule has 1 aromatic heterocycles. The van der Waals surface area contributed by atoms with Crippen molar-refractivity contribution in [2.45, 2.75) is 70.6 Å². The average Bonchev–Trinajstić information content (AvgIpc) is 3.04. The van der Waals surface area contributed by atoms with Crippen LogP contribution in [-0.2, 0) is 6.54 Å². The van der Waals surface area contributed by atoms with E-state index >= 15 is 0 Å². The molecule has 1 aliphatic carbocycles. The summed E-state index contributed by atoms with van der Waals surface area (Å²) in [5, 5.41) is 8.06. The van der Waals surface area contributed by atoms with Crippen LogP contribution in [0.3, 0.4) is 0 Å². The summed E-state index contributed by atoms with van der Waals surface area (Å²) in [7, 11) is 0. The van der Waals surface area contributed by atoms with E-state index < -0.39 is 0 Å². The Balaban J connectivity index is 1.81. The number of hydrogen-bond acceptors (Lipinski definition) is 4. The van der Waals surface area contributed by atoms with E-state index in [4.69, 9.17) is 0 Å². The summed E-state index contributed by atoms with van der Waals surface area (Å²) < 4.78 is 2.06. The Morgan fingerprint density at radius 1 is 1.40 bits per heavy atom. The fourth-order valence-electron chi connectivity index (χ4n) is 3.81. The van der Waals surface area contributed by atoms with Gasteiger partial charge >= 0.3 is 0 Å². The van der Waals surface area contributed by atoms with Gasteiger partial charge in [0, 0.05) is 30.7 Å². The topological polar surface area (TPSA) is 46.0 Å². The molecule has 1 saturated heterocycles. The van der Waals surface area contributed by atoms with Gasteiger partial charge in [0.15, 0.2) is 0 Å². The zero-order valence-electron chi connectivity index (χ0n) is 13.0. The highest BCUT2D eigenvalue weighted by molar-refractivity contribution is 5.03. The average molecular weight is 277 g/mol.